The Morgan fingerprint density at radius 2 is 1.13 bits per heavy atom. The second-order valence-corrected chi connectivity index (χ2v) is 29.3. The minimum Gasteiger partial charge on any atom is -0.481 e. The molecule has 0 aliphatic carbocycles. The van der Waals surface area contributed by atoms with Crippen LogP contribution >= 0.6 is 0 Å². The molecule has 2 heterocycles. The molecule has 4 aromatic rings. The number of hydrogen-bond donors (Lipinski definition) is 22. The van der Waals surface area contributed by atoms with Crippen molar-refractivity contribution in [2.24, 2.45) is 11.7 Å². The Labute approximate surface area is 703 Å². The van der Waals surface area contributed by atoms with Crippen LogP contribution in [0.4, 0.5) is 10.1 Å². The van der Waals surface area contributed by atoms with Crippen LogP contribution in [-0.4, -0.2) is 248 Å². The Morgan fingerprint density at radius 1 is 0.561 bits per heavy atom. The highest BCUT2D eigenvalue weighted by Crippen LogP contribution is 2.22. The molecular formula is C79H106FN17O26. The van der Waals surface area contributed by atoms with Gasteiger partial charge in [-0.15, -0.1) is 0 Å². The molecule has 13 atom stereocenters. The number of carboxylic acids is 4. The van der Waals surface area contributed by atoms with Crippen molar-refractivity contribution in [2.45, 2.75) is 216 Å². The van der Waals surface area contributed by atoms with Crippen LogP contribution < -0.4 is 85.9 Å². The number of aliphatic hydroxyl groups is 1. The fraction of sp³-hybridized carbons (Fsp3) is 0.494. The number of carboxylic acid groups (broad SMARTS) is 4. The third-order valence-electron chi connectivity index (χ3n) is 19.2. The molecule has 24 N–H and O–H groups in total. The quantitative estimate of drug-likeness (QED) is 0.00890. The number of primary amides is 1. The summed E-state index contributed by atoms with van der Waals surface area (Å²) in [6.45, 7) is 1.26. The molecule has 14 amide bonds. The maximum atomic E-state index is 15.0. The van der Waals surface area contributed by atoms with E-state index in [2.05, 4.69) is 70.4 Å². The number of aromatic amines is 1. The van der Waals surface area contributed by atoms with Crippen molar-refractivity contribution in [3.8, 4) is 0 Å². The summed E-state index contributed by atoms with van der Waals surface area (Å²) in [7, 11) is 0. The molecule has 43 nitrogen and oxygen atoms in total. The van der Waals surface area contributed by atoms with E-state index in [1.165, 1.54) is 42.5 Å². The van der Waals surface area contributed by atoms with Gasteiger partial charge in [0.05, 0.1) is 51.8 Å². The molecule has 670 valence electrons. The van der Waals surface area contributed by atoms with Gasteiger partial charge in [-0.25, -0.2) is 9.18 Å². The number of para-hydroxylation sites is 2. The third-order valence-corrected chi connectivity index (χ3v) is 19.2. The topological polar surface area (TPSA) is 688 Å². The number of fused-ring (bicyclic) bond motifs is 1. The first-order valence-electron chi connectivity index (χ1n) is 39.5. The van der Waals surface area contributed by atoms with Gasteiger partial charge >= 0.3 is 29.8 Å². The van der Waals surface area contributed by atoms with Crippen LogP contribution in [0.3, 0.4) is 0 Å². The van der Waals surface area contributed by atoms with Gasteiger partial charge in [0, 0.05) is 54.2 Å². The van der Waals surface area contributed by atoms with Crippen LogP contribution in [0.2, 0.25) is 0 Å². The van der Waals surface area contributed by atoms with Crippen LogP contribution in [0.25, 0.3) is 10.9 Å². The zero-order valence-corrected chi connectivity index (χ0v) is 67.9. The number of esters is 1. The summed E-state index contributed by atoms with van der Waals surface area (Å²) in [5.74, 6) is -30.6. The Kier molecular flexibility index (Phi) is 41.1. The molecule has 0 spiro atoms. The molecule has 0 bridgehead atoms. The van der Waals surface area contributed by atoms with Crippen molar-refractivity contribution < 1.29 is 131 Å². The number of cyclic esters (lactones) is 1. The minimum absolute atomic E-state index is 0.00929. The van der Waals surface area contributed by atoms with Crippen molar-refractivity contribution in [1.29, 1.82) is 0 Å². The lowest BCUT2D eigenvalue weighted by molar-refractivity contribution is -0.156. The second-order valence-electron chi connectivity index (χ2n) is 29.3. The molecule has 1 fully saturated rings. The number of ketones is 1. The van der Waals surface area contributed by atoms with Crippen molar-refractivity contribution in [3.05, 3.63) is 102 Å². The summed E-state index contributed by atoms with van der Waals surface area (Å²) < 4.78 is 19.8. The third kappa shape index (κ3) is 34.6. The Hall–Kier alpha value is -13.5. The van der Waals surface area contributed by atoms with E-state index >= 15 is 0 Å². The standard InChI is InChI=1S/C79H106FN17O26/c1-5-6-7-8-9-10-11-25-60(101)89-51(29-44-36-84-49-23-15-13-20-46(44)49)73(116)92-52(31-59(82)100)74(117)94-55(34-66(110)111)75(118)97-68-42(4)123-79(122)56(30-58(99)47-21-12-14-22-48(47)81)95-78(121)67(40(2)27-63(104)105)96-76(119)57(39-98)90-62(103)37-85-70(113)53(32-64(106)107)91-69(112)41(3)87-72(115)54(33-65(108)109)93-71(114)50(88-61(102)38-86-77(68)120)24-17-26-83-35-43-18-16-19-45(80)28-43/h12-16,18-23,28,36,40-42,50-57,67-68,83-84,98H,5-11,17,24-27,29-35,37-39,81H2,1-4H3,(H2,82,100)(H,85,113)(H,86,120)(H,87,115)(H,88,102)(H,89,101)(H,90,103)(H,91,112)(H,92,116)(H,93,114)(H,94,117)(H,95,121)(H,96,119)(H,97,118)(H,104,105)(H,106,107)(H,108,109)(H,110,111). The van der Waals surface area contributed by atoms with Crippen LogP contribution in [0.1, 0.15) is 152 Å². The molecule has 5 rings (SSSR count). The Morgan fingerprint density at radius 3 is 1.76 bits per heavy atom. The van der Waals surface area contributed by atoms with Crippen LogP contribution in [0.15, 0.2) is 79.0 Å². The van der Waals surface area contributed by atoms with Gasteiger partial charge in [0.1, 0.15) is 78.4 Å². The normalized spacial score (nSPS) is 20.6. The van der Waals surface area contributed by atoms with E-state index in [1.807, 2.05) is 16.0 Å². The molecule has 0 radical (unpaired) electrons. The summed E-state index contributed by atoms with van der Waals surface area (Å²) in [4.78, 5) is 279. The number of H-pyrrole nitrogens is 1. The summed E-state index contributed by atoms with van der Waals surface area (Å²) in [5.41, 5.74) is 12.8. The van der Waals surface area contributed by atoms with Crippen LogP contribution in [0, 0.1) is 11.7 Å². The predicted molar refractivity (Wildman–Crippen MR) is 429 cm³/mol. The predicted octanol–water partition coefficient (Wildman–Crippen LogP) is -3.65. The maximum Gasteiger partial charge on any atom is 0.329 e. The smallest absolute Gasteiger partial charge is 0.329 e. The van der Waals surface area contributed by atoms with Crippen molar-refractivity contribution in [3.63, 3.8) is 0 Å². The number of amides is 14. The summed E-state index contributed by atoms with van der Waals surface area (Å²) in [5, 5.41) is 82.2. The highest BCUT2D eigenvalue weighted by atomic mass is 19.1. The number of aliphatic hydroxyl groups excluding tert-OH is 1. The average Bonchev–Trinajstić information content (AvgIpc) is 1.37. The number of anilines is 1. The highest BCUT2D eigenvalue weighted by molar-refractivity contribution is 6.05. The SMILES string of the molecule is CCCCCCCCCC(=O)NC(Cc1c[nH]c2ccccc12)C(=O)NC(CC(N)=O)C(=O)NC(CC(=O)O)C(=O)NC1C(=O)NCC(=O)NC(CCCNCc2cccc(F)c2)C(=O)NC(CC(=O)O)C(=O)NC(C)C(=O)NC(CC(=O)O)C(=O)NCC(=O)NC(CO)C(=O)NC(C(C)CC(=O)O)C(=O)NC(CC(=O)c2ccccc2N)C(=O)OC1C. The molecule has 1 saturated heterocycles. The number of ether oxygens (including phenoxy) is 1. The number of nitrogen functional groups attached to an aromatic ring is 1. The maximum absolute atomic E-state index is 15.0. The van der Waals surface area contributed by atoms with E-state index in [0.29, 0.717) is 34.9 Å². The van der Waals surface area contributed by atoms with Gasteiger partial charge in [-0.2, -0.15) is 0 Å². The molecule has 1 aliphatic rings. The van der Waals surface area contributed by atoms with E-state index in [9.17, 15) is 126 Å². The first-order chi connectivity index (χ1) is 58.3. The highest BCUT2D eigenvalue weighted by Gasteiger charge is 2.41. The number of nitrogens with one attached hydrogen (secondary N) is 15. The number of unbranched alkanes of at least 4 members (excludes halogenated alkanes) is 6. The van der Waals surface area contributed by atoms with Crippen LogP contribution in [-0.2, 0) is 109 Å². The van der Waals surface area contributed by atoms with Crippen LogP contribution in [0.5, 0.6) is 0 Å². The van der Waals surface area contributed by atoms with E-state index < -0.39 is 267 Å². The number of carbonyl (C=O) groups excluding carboxylic acids is 16. The lowest BCUT2D eigenvalue weighted by Crippen LogP contribution is -2.62. The molecular weight excluding hydrogens is 1620 g/mol. The van der Waals surface area contributed by atoms with Gasteiger partial charge in [-0.3, -0.25) is 91.1 Å². The first-order valence-corrected chi connectivity index (χ1v) is 39.5. The van der Waals surface area contributed by atoms with Gasteiger partial charge in [-0.05, 0) is 87.0 Å². The average molecular weight is 1730 g/mol. The second kappa shape index (κ2) is 50.5. The number of hydrogen-bond acceptors (Lipinski definition) is 24. The lowest BCUT2D eigenvalue weighted by Gasteiger charge is -2.30. The summed E-state index contributed by atoms with van der Waals surface area (Å²) in [6.07, 6.45) is -2.55. The van der Waals surface area contributed by atoms with Crippen molar-refractivity contribution in [1.82, 2.24) is 79.4 Å². The largest absolute Gasteiger partial charge is 0.481 e. The van der Waals surface area contributed by atoms with Gasteiger partial charge in [0.15, 0.2) is 5.78 Å². The van der Waals surface area contributed by atoms with Gasteiger partial charge in [0.2, 0.25) is 82.7 Å². The van der Waals surface area contributed by atoms with E-state index in [4.69, 9.17) is 16.2 Å². The number of benzene rings is 3. The fourth-order valence-corrected chi connectivity index (χ4v) is 12.7. The molecule has 13 unspecified atom stereocenters. The molecule has 1 aromatic heterocycles. The first kappa shape index (κ1) is 100. The number of rotatable bonds is 38. The summed E-state index contributed by atoms with van der Waals surface area (Å²) >= 11 is 0. The molecule has 123 heavy (non-hydrogen) atoms. The van der Waals surface area contributed by atoms with Crippen molar-refractivity contribution >= 4 is 135 Å². The van der Waals surface area contributed by atoms with E-state index in [-0.39, 0.29) is 43.6 Å². The molecule has 0 saturated carbocycles. The Balaban J connectivity index is 1.63. The zero-order valence-electron chi connectivity index (χ0n) is 67.9. The summed E-state index contributed by atoms with van der Waals surface area (Å²) in [6, 6.07) is -5.45. The monoisotopic (exact) mass is 1730 g/mol. The molecule has 3 aromatic carbocycles. The molecule has 44 heteroatoms. The number of Topliss-reactive ketones (excluding diaryl/α,β-unsaturated/α-hetero) is 1. The lowest BCUT2D eigenvalue weighted by atomic mass is 9.96. The number of nitrogens with two attached hydrogens (primary N) is 2. The number of aromatic nitrogens is 1. The van der Waals surface area contributed by atoms with E-state index in [0.717, 1.165) is 52.9 Å². The zero-order chi connectivity index (χ0) is 91.2. The fourth-order valence-electron chi connectivity index (χ4n) is 12.7. The number of halogens is 1. The van der Waals surface area contributed by atoms with Gasteiger partial charge in [-0.1, -0.05) is 94.8 Å². The van der Waals surface area contributed by atoms with E-state index in [1.54, 1.807) is 36.5 Å². The van der Waals surface area contributed by atoms with Gasteiger partial charge in [0.25, 0.3) is 0 Å². The Bertz CT molecular complexity index is 4490. The molecule has 1 aliphatic heterocycles. The number of aliphatic carboxylic acids is 4. The minimum atomic E-state index is -2.48. The number of carbonyl (C=O) groups is 20. The van der Waals surface area contributed by atoms with Crippen molar-refractivity contribution in [2.75, 3.05) is 32.0 Å². The van der Waals surface area contributed by atoms with Gasteiger partial charge < -0.3 is 121 Å².